The molecule has 0 saturated heterocycles. The molecule has 34 heavy (non-hydrogen) atoms. The van der Waals surface area contributed by atoms with E-state index in [0.29, 0.717) is 29.2 Å². The quantitative estimate of drug-likeness (QED) is 0.470. The summed E-state index contributed by atoms with van der Waals surface area (Å²) in [6.45, 7) is 0.132. The number of amides is 1. The van der Waals surface area contributed by atoms with Gasteiger partial charge in [-0.1, -0.05) is 36.4 Å². The molecule has 1 aliphatic heterocycles. The van der Waals surface area contributed by atoms with Crippen LogP contribution in [-0.4, -0.2) is 50.8 Å². The molecule has 0 radical (unpaired) electrons. The van der Waals surface area contributed by atoms with Gasteiger partial charge in [0.25, 0.3) is 0 Å². The van der Waals surface area contributed by atoms with Gasteiger partial charge < -0.3 is 9.47 Å². The average Bonchev–Trinajstić information content (AvgIpc) is 3.36. The Balaban J connectivity index is 1.33. The Morgan fingerprint density at radius 2 is 1.76 bits per heavy atom. The average molecular weight is 458 g/mol. The van der Waals surface area contributed by atoms with Crippen molar-refractivity contribution in [2.75, 3.05) is 19.4 Å². The molecule has 4 aromatic rings. The van der Waals surface area contributed by atoms with Gasteiger partial charge in [-0.25, -0.2) is 19.5 Å². The maximum atomic E-state index is 12.2. The Morgan fingerprint density at radius 1 is 0.971 bits per heavy atom. The van der Waals surface area contributed by atoms with E-state index in [9.17, 15) is 4.79 Å². The lowest BCUT2D eigenvalue weighted by Crippen LogP contribution is -2.40. The number of hydrazone groups is 1. The molecule has 11 nitrogen and oxygen atoms in total. The predicted octanol–water partition coefficient (Wildman–Crippen LogP) is 3.04. The molecule has 0 spiro atoms. The van der Waals surface area contributed by atoms with E-state index < -0.39 is 6.09 Å². The van der Waals surface area contributed by atoms with Gasteiger partial charge >= 0.3 is 12.1 Å². The van der Waals surface area contributed by atoms with Crippen LogP contribution in [0.1, 0.15) is 5.69 Å². The summed E-state index contributed by atoms with van der Waals surface area (Å²) in [4.78, 5) is 21.2. The van der Waals surface area contributed by atoms with Gasteiger partial charge in [-0.05, 0) is 36.4 Å². The SMILES string of the molecule is CN1N=C(n2c(OCc3cccc(NC(=O)Oc4ccccc4)n3)nc3ccccc32)N(C)N1. The molecule has 2 aromatic heterocycles. The summed E-state index contributed by atoms with van der Waals surface area (Å²) in [5.41, 5.74) is 5.29. The molecule has 0 aliphatic carbocycles. The third kappa shape index (κ3) is 4.45. The fraction of sp³-hybridized carbons (Fsp3) is 0.130. The number of para-hydroxylation sites is 3. The smallest absolute Gasteiger partial charge is 0.418 e. The highest BCUT2D eigenvalue weighted by Crippen LogP contribution is 2.24. The molecular formula is C23H22N8O3. The minimum absolute atomic E-state index is 0.132. The second-order valence-electron chi connectivity index (χ2n) is 7.43. The number of nitrogens with zero attached hydrogens (tertiary/aromatic N) is 6. The first-order chi connectivity index (χ1) is 16.6. The van der Waals surface area contributed by atoms with Crippen LogP contribution in [0.4, 0.5) is 10.6 Å². The molecule has 5 rings (SSSR count). The molecule has 0 fully saturated rings. The first kappa shape index (κ1) is 21.2. The highest BCUT2D eigenvalue weighted by Gasteiger charge is 2.24. The molecule has 172 valence electrons. The zero-order chi connectivity index (χ0) is 23.5. The van der Waals surface area contributed by atoms with Gasteiger partial charge in [-0.3, -0.25) is 10.3 Å². The number of benzene rings is 2. The number of aromatic nitrogens is 3. The van der Waals surface area contributed by atoms with Gasteiger partial charge in [0.1, 0.15) is 18.2 Å². The van der Waals surface area contributed by atoms with Gasteiger partial charge in [-0.2, -0.15) is 4.98 Å². The van der Waals surface area contributed by atoms with E-state index in [1.54, 1.807) is 59.6 Å². The molecule has 11 heteroatoms. The lowest BCUT2D eigenvalue weighted by Gasteiger charge is -2.16. The lowest BCUT2D eigenvalue weighted by atomic mass is 10.3. The third-order valence-corrected chi connectivity index (χ3v) is 4.90. The number of anilines is 1. The van der Waals surface area contributed by atoms with Crippen molar-refractivity contribution in [2.45, 2.75) is 6.61 Å². The van der Waals surface area contributed by atoms with Crippen LogP contribution in [0.25, 0.3) is 11.0 Å². The summed E-state index contributed by atoms with van der Waals surface area (Å²) < 4.78 is 13.1. The minimum atomic E-state index is -0.627. The summed E-state index contributed by atoms with van der Waals surface area (Å²) in [6, 6.07) is 22.1. The van der Waals surface area contributed by atoms with Gasteiger partial charge in [0.15, 0.2) is 0 Å². The Hall–Kier alpha value is -4.64. The van der Waals surface area contributed by atoms with Crippen LogP contribution in [0.3, 0.4) is 0 Å². The number of nitrogens with one attached hydrogen (secondary N) is 2. The van der Waals surface area contributed by atoms with Crippen molar-refractivity contribution >= 4 is 28.9 Å². The second-order valence-corrected chi connectivity index (χ2v) is 7.43. The van der Waals surface area contributed by atoms with Crippen molar-refractivity contribution < 1.29 is 14.3 Å². The Kier molecular flexibility index (Phi) is 5.67. The number of hydrazine groups is 2. The van der Waals surface area contributed by atoms with Crippen molar-refractivity contribution in [3.8, 4) is 11.8 Å². The standard InChI is InChI=1S/C23H22N8O3/c1-29-21(27-30(2)28-29)31-19-13-7-6-12-18(19)25-22(31)33-15-16-9-8-14-20(24-16)26-23(32)34-17-10-4-3-5-11-17/h3-14,28H,15H2,1-2H3,(H,24,26,32). The van der Waals surface area contributed by atoms with Crippen molar-refractivity contribution in [3.63, 3.8) is 0 Å². The fourth-order valence-electron chi connectivity index (χ4n) is 3.47. The predicted molar refractivity (Wildman–Crippen MR) is 126 cm³/mol. The monoisotopic (exact) mass is 458 g/mol. The molecule has 0 bridgehead atoms. The topological polar surface area (TPSA) is 109 Å². The largest absolute Gasteiger partial charge is 0.458 e. The van der Waals surface area contributed by atoms with Crippen molar-refractivity contribution in [1.82, 2.24) is 30.2 Å². The zero-order valence-electron chi connectivity index (χ0n) is 18.5. The molecule has 0 saturated carbocycles. The first-order valence-corrected chi connectivity index (χ1v) is 10.5. The summed E-state index contributed by atoms with van der Waals surface area (Å²) in [5.74, 6) is 1.40. The molecule has 2 N–H and O–H groups in total. The zero-order valence-corrected chi connectivity index (χ0v) is 18.5. The number of fused-ring (bicyclic) bond motifs is 1. The van der Waals surface area contributed by atoms with Gasteiger partial charge in [0.05, 0.1) is 16.7 Å². The summed E-state index contributed by atoms with van der Waals surface area (Å²) in [7, 11) is 3.65. The molecule has 1 amide bonds. The van der Waals surface area contributed by atoms with E-state index in [4.69, 9.17) is 9.47 Å². The minimum Gasteiger partial charge on any atom is -0.458 e. The molecule has 2 aromatic carbocycles. The first-order valence-electron chi connectivity index (χ1n) is 10.5. The Labute approximate surface area is 195 Å². The molecule has 1 aliphatic rings. The van der Waals surface area contributed by atoms with Crippen molar-refractivity contribution in [1.29, 1.82) is 0 Å². The summed E-state index contributed by atoms with van der Waals surface area (Å²) in [5, 5.41) is 10.5. The van der Waals surface area contributed by atoms with Gasteiger partial charge in [0.2, 0.25) is 5.96 Å². The van der Waals surface area contributed by atoms with Crippen LogP contribution in [-0.2, 0) is 6.61 Å². The summed E-state index contributed by atoms with van der Waals surface area (Å²) >= 11 is 0. The number of hydrogen-bond donors (Lipinski definition) is 2. The molecular weight excluding hydrogens is 436 g/mol. The number of carbonyl (C=O) groups is 1. The van der Waals surface area contributed by atoms with E-state index in [0.717, 1.165) is 11.0 Å². The molecule has 3 heterocycles. The van der Waals surface area contributed by atoms with E-state index in [-0.39, 0.29) is 6.61 Å². The number of pyridine rings is 1. The Morgan fingerprint density at radius 3 is 2.56 bits per heavy atom. The van der Waals surface area contributed by atoms with Crippen molar-refractivity contribution in [2.24, 2.45) is 5.10 Å². The van der Waals surface area contributed by atoms with Crippen LogP contribution in [0.5, 0.6) is 11.8 Å². The van der Waals surface area contributed by atoms with Gasteiger partial charge in [0, 0.05) is 14.1 Å². The normalized spacial score (nSPS) is 13.2. The van der Waals surface area contributed by atoms with E-state index in [1.165, 1.54) is 0 Å². The maximum Gasteiger partial charge on any atom is 0.418 e. The van der Waals surface area contributed by atoms with E-state index >= 15 is 0 Å². The lowest BCUT2D eigenvalue weighted by molar-refractivity contribution is 0.164. The third-order valence-electron chi connectivity index (χ3n) is 4.90. The van der Waals surface area contributed by atoms with Crippen LogP contribution in [0.15, 0.2) is 77.9 Å². The van der Waals surface area contributed by atoms with Crippen LogP contribution in [0, 0.1) is 0 Å². The van der Waals surface area contributed by atoms with Gasteiger partial charge in [-0.15, -0.1) is 10.6 Å². The number of rotatable bonds is 5. The number of hydrogen-bond acceptors (Lipinski definition) is 9. The second kappa shape index (κ2) is 9.08. The summed E-state index contributed by atoms with van der Waals surface area (Å²) in [6.07, 6.45) is -0.627. The maximum absolute atomic E-state index is 12.2. The van der Waals surface area contributed by atoms with Crippen LogP contribution >= 0.6 is 0 Å². The van der Waals surface area contributed by atoms with Crippen molar-refractivity contribution in [3.05, 3.63) is 78.5 Å². The number of carbonyl (C=O) groups excluding carboxylic acids is 1. The molecule has 0 unspecified atom stereocenters. The highest BCUT2D eigenvalue weighted by atomic mass is 16.6. The van der Waals surface area contributed by atoms with E-state index in [2.05, 4.69) is 25.9 Å². The van der Waals surface area contributed by atoms with Crippen LogP contribution < -0.4 is 20.3 Å². The number of ether oxygens (including phenoxy) is 2. The van der Waals surface area contributed by atoms with Crippen LogP contribution in [0.2, 0.25) is 0 Å². The molecule has 0 atom stereocenters. The highest BCUT2D eigenvalue weighted by molar-refractivity contribution is 5.93. The number of imidazole rings is 1. The van der Waals surface area contributed by atoms with E-state index in [1.807, 2.05) is 41.9 Å². The Bertz CT molecular complexity index is 1350. The fourth-order valence-corrected chi connectivity index (χ4v) is 3.47.